The van der Waals surface area contributed by atoms with Crippen molar-refractivity contribution in [3.05, 3.63) is 54.0 Å². The van der Waals surface area contributed by atoms with Crippen LogP contribution in [0.3, 0.4) is 0 Å². The predicted octanol–water partition coefficient (Wildman–Crippen LogP) is 1.97. The summed E-state index contributed by atoms with van der Waals surface area (Å²) in [6.45, 7) is 1.42. The van der Waals surface area contributed by atoms with Gasteiger partial charge in [-0.1, -0.05) is 12.1 Å². The summed E-state index contributed by atoms with van der Waals surface area (Å²) >= 11 is 0. The van der Waals surface area contributed by atoms with E-state index < -0.39 is 9.84 Å². The van der Waals surface area contributed by atoms with Crippen LogP contribution < -0.4 is 5.32 Å². The number of benzene rings is 1. The van der Waals surface area contributed by atoms with Crippen molar-refractivity contribution in [1.29, 1.82) is 0 Å². The molecule has 4 nitrogen and oxygen atoms in total. The second-order valence-electron chi connectivity index (χ2n) is 4.15. The maximum absolute atomic E-state index is 11.3. The van der Waals surface area contributed by atoms with E-state index in [4.69, 9.17) is 4.42 Å². The van der Waals surface area contributed by atoms with Gasteiger partial charge in [-0.2, -0.15) is 0 Å². The first-order valence-electron chi connectivity index (χ1n) is 5.56. The molecule has 1 aromatic carbocycles. The number of rotatable bonds is 5. The highest BCUT2D eigenvalue weighted by molar-refractivity contribution is 7.90. The molecule has 0 radical (unpaired) electrons. The molecule has 5 heteroatoms. The molecule has 0 spiro atoms. The van der Waals surface area contributed by atoms with E-state index in [1.165, 1.54) is 6.26 Å². The average molecular weight is 265 g/mol. The Bertz CT molecular complexity index is 586. The first-order chi connectivity index (χ1) is 8.55. The van der Waals surface area contributed by atoms with E-state index >= 15 is 0 Å². The van der Waals surface area contributed by atoms with Crippen molar-refractivity contribution in [3.63, 3.8) is 0 Å². The predicted molar refractivity (Wildman–Crippen MR) is 68.8 cm³/mol. The largest absolute Gasteiger partial charge is 0.472 e. The van der Waals surface area contributed by atoms with Gasteiger partial charge < -0.3 is 9.73 Å². The van der Waals surface area contributed by atoms with Crippen molar-refractivity contribution in [2.24, 2.45) is 0 Å². The van der Waals surface area contributed by atoms with E-state index in [1.54, 1.807) is 24.7 Å². The quantitative estimate of drug-likeness (QED) is 0.898. The van der Waals surface area contributed by atoms with Crippen LogP contribution in [0.2, 0.25) is 0 Å². The minimum atomic E-state index is -3.11. The standard InChI is InChI=1S/C13H15NO3S/c1-18(15,16)13-4-2-11(3-5-13)8-14-9-12-6-7-17-10-12/h2-7,10,14H,8-9H2,1H3. The Labute approximate surface area is 107 Å². The lowest BCUT2D eigenvalue weighted by Gasteiger charge is -2.04. The molecule has 0 saturated heterocycles. The maximum Gasteiger partial charge on any atom is 0.175 e. The topological polar surface area (TPSA) is 59.3 Å². The van der Waals surface area contributed by atoms with Crippen molar-refractivity contribution < 1.29 is 12.8 Å². The summed E-state index contributed by atoms with van der Waals surface area (Å²) in [4.78, 5) is 0.348. The van der Waals surface area contributed by atoms with Gasteiger partial charge in [-0.25, -0.2) is 8.42 Å². The monoisotopic (exact) mass is 265 g/mol. The minimum absolute atomic E-state index is 0.348. The summed E-state index contributed by atoms with van der Waals surface area (Å²) in [5.74, 6) is 0. The fraction of sp³-hybridized carbons (Fsp3) is 0.231. The average Bonchev–Trinajstić information content (AvgIpc) is 2.82. The van der Waals surface area contributed by atoms with Crippen molar-refractivity contribution >= 4 is 9.84 Å². The summed E-state index contributed by atoms with van der Waals surface area (Å²) < 4.78 is 27.5. The zero-order valence-electron chi connectivity index (χ0n) is 10.1. The number of sulfone groups is 1. The molecule has 1 heterocycles. The lowest BCUT2D eigenvalue weighted by molar-refractivity contribution is 0.560. The third-order valence-electron chi connectivity index (χ3n) is 2.59. The van der Waals surface area contributed by atoms with Crippen LogP contribution >= 0.6 is 0 Å². The van der Waals surface area contributed by atoms with Crippen molar-refractivity contribution in [1.82, 2.24) is 5.32 Å². The number of hydrogen-bond donors (Lipinski definition) is 1. The van der Waals surface area contributed by atoms with Crippen molar-refractivity contribution in [2.75, 3.05) is 6.26 Å². The van der Waals surface area contributed by atoms with E-state index in [9.17, 15) is 8.42 Å². The molecule has 0 aliphatic carbocycles. The fourth-order valence-electron chi connectivity index (χ4n) is 1.60. The van der Waals surface area contributed by atoms with Gasteiger partial charge in [0, 0.05) is 24.9 Å². The fourth-order valence-corrected chi connectivity index (χ4v) is 2.23. The minimum Gasteiger partial charge on any atom is -0.472 e. The smallest absolute Gasteiger partial charge is 0.175 e. The number of furan rings is 1. The van der Waals surface area contributed by atoms with Crippen molar-refractivity contribution in [2.45, 2.75) is 18.0 Å². The molecular formula is C13H15NO3S. The lowest BCUT2D eigenvalue weighted by Crippen LogP contribution is -2.12. The Kier molecular flexibility index (Phi) is 3.84. The van der Waals surface area contributed by atoms with E-state index in [2.05, 4.69) is 5.32 Å². The second-order valence-corrected chi connectivity index (χ2v) is 6.17. The molecule has 96 valence electrons. The van der Waals surface area contributed by atoms with Gasteiger partial charge in [0.15, 0.2) is 9.84 Å². The lowest BCUT2D eigenvalue weighted by atomic mass is 10.2. The van der Waals surface area contributed by atoms with Crippen LogP contribution in [0.1, 0.15) is 11.1 Å². The number of hydrogen-bond acceptors (Lipinski definition) is 4. The first-order valence-corrected chi connectivity index (χ1v) is 7.45. The molecule has 0 bridgehead atoms. The van der Waals surface area contributed by atoms with Crippen LogP contribution in [-0.4, -0.2) is 14.7 Å². The summed E-state index contributed by atoms with van der Waals surface area (Å²) in [7, 11) is -3.11. The van der Waals surface area contributed by atoms with Gasteiger partial charge in [0.25, 0.3) is 0 Å². The van der Waals surface area contributed by atoms with Gasteiger partial charge in [0.1, 0.15) is 0 Å². The molecule has 0 amide bonds. The second kappa shape index (κ2) is 5.37. The van der Waals surface area contributed by atoms with Crippen LogP contribution in [0, 0.1) is 0 Å². The Hall–Kier alpha value is -1.59. The van der Waals surface area contributed by atoms with E-state index in [-0.39, 0.29) is 0 Å². The summed E-state index contributed by atoms with van der Waals surface area (Å²) in [6, 6.07) is 8.80. The van der Waals surface area contributed by atoms with Crippen LogP contribution in [-0.2, 0) is 22.9 Å². The van der Waals surface area contributed by atoms with Gasteiger partial charge in [0.2, 0.25) is 0 Å². The van der Waals surface area contributed by atoms with Gasteiger partial charge >= 0.3 is 0 Å². The Morgan fingerprint density at radius 1 is 1.06 bits per heavy atom. The summed E-state index contributed by atoms with van der Waals surface area (Å²) in [5, 5.41) is 3.25. The van der Waals surface area contributed by atoms with Crippen molar-refractivity contribution in [3.8, 4) is 0 Å². The Balaban J connectivity index is 1.91. The maximum atomic E-state index is 11.3. The molecule has 0 atom stereocenters. The van der Waals surface area contributed by atoms with Crippen LogP contribution in [0.25, 0.3) is 0 Å². The highest BCUT2D eigenvalue weighted by atomic mass is 32.2. The van der Waals surface area contributed by atoms with Crippen LogP contribution in [0.5, 0.6) is 0 Å². The number of nitrogens with one attached hydrogen (secondary N) is 1. The molecule has 1 aromatic heterocycles. The SMILES string of the molecule is CS(=O)(=O)c1ccc(CNCc2ccoc2)cc1. The molecule has 1 N–H and O–H groups in total. The third-order valence-corrected chi connectivity index (χ3v) is 3.72. The van der Waals surface area contributed by atoms with Crippen LogP contribution in [0.15, 0.2) is 52.2 Å². The normalized spacial score (nSPS) is 11.6. The molecular weight excluding hydrogens is 250 g/mol. The van der Waals surface area contributed by atoms with E-state index in [0.29, 0.717) is 11.4 Å². The Morgan fingerprint density at radius 2 is 1.72 bits per heavy atom. The zero-order chi connectivity index (χ0) is 13.0. The molecule has 0 aliphatic heterocycles. The summed E-state index contributed by atoms with van der Waals surface area (Å²) in [5.41, 5.74) is 2.13. The first kappa shape index (κ1) is 12.9. The zero-order valence-corrected chi connectivity index (χ0v) is 10.9. The molecule has 0 saturated carbocycles. The van der Waals surface area contributed by atoms with Gasteiger partial charge in [-0.05, 0) is 23.8 Å². The highest BCUT2D eigenvalue weighted by Gasteiger charge is 2.05. The van der Waals surface area contributed by atoms with Gasteiger partial charge in [-0.15, -0.1) is 0 Å². The van der Waals surface area contributed by atoms with Crippen LogP contribution in [0.4, 0.5) is 0 Å². The molecule has 0 aliphatic rings. The molecule has 2 aromatic rings. The van der Waals surface area contributed by atoms with Gasteiger partial charge in [-0.3, -0.25) is 0 Å². The molecule has 18 heavy (non-hydrogen) atoms. The molecule has 2 rings (SSSR count). The van der Waals surface area contributed by atoms with E-state index in [0.717, 1.165) is 17.7 Å². The Morgan fingerprint density at radius 3 is 2.28 bits per heavy atom. The molecule has 0 fully saturated rings. The van der Waals surface area contributed by atoms with Gasteiger partial charge in [0.05, 0.1) is 17.4 Å². The summed E-state index contributed by atoms with van der Waals surface area (Å²) in [6.07, 6.45) is 4.54. The van der Waals surface area contributed by atoms with E-state index in [1.807, 2.05) is 18.2 Å². The molecule has 0 unspecified atom stereocenters. The third kappa shape index (κ3) is 3.45. The highest BCUT2D eigenvalue weighted by Crippen LogP contribution is 2.10.